The van der Waals surface area contributed by atoms with Crippen molar-refractivity contribution in [3.05, 3.63) is 18.3 Å². The highest BCUT2D eigenvalue weighted by molar-refractivity contribution is 5.73. The van der Waals surface area contributed by atoms with Gasteiger partial charge in [0.25, 0.3) is 0 Å². The van der Waals surface area contributed by atoms with Gasteiger partial charge in [0.1, 0.15) is 11.8 Å². The standard InChI is InChI=1S/C10H14N4/c1-4-8-9-10(12-5-11-8)14(6-13-9)7(2)3/h5-7H,4H2,1-3H3. The first-order chi connectivity index (χ1) is 6.74. The Morgan fingerprint density at radius 1 is 1.29 bits per heavy atom. The quantitative estimate of drug-likeness (QED) is 0.727. The fraction of sp³-hybridized carbons (Fsp3) is 0.500. The van der Waals surface area contributed by atoms with Gasteiger partial charge in [0.15, 0.2) is 5.65 Å². The highest BCUT2D eigenvalue weighted by Gasteiger charge is 2.09. The molecule has 14 heavy (non-hydrogen) atoms. The van der Waals surface area contributed by atoms with E-state index in [4.69, 9.17) is 0 Å². The molecule has 0 spiro atoms. The van der Waals surface area contributed by atoms with Gasteiger partial charge in [0.2, 0.25) is 0 Å². The second kappa shape index (κ2) is 3.36. The number of hydrogen-bond donors (Lipinski definition) is 0. The molecule has 0 bridgehead atoms. The van der Waals surface area contributed by atoms with E-state index in [-0.39, 0.29) is 0 Å². The van der Waals surface area contributed by atoms with Crippen molar-refractivity contribution in [1.82, 2.24) is 19.5 Å². The molecule has 0 unspecified atom stereocenters. The van der Waals surface area contributed by atoms with Gasteiger partial charge >= 0.3 is 0 Å². The molecule has 4 heteroatoms. The van der Waals surface area contributed by atoms with E-state index >= 15 is 0 Å². The normalized spacial score (nSPS) is 11.4. The number of aryl methyl sites for hydroxylation is 1. The van der Waals surface area contributed by atoms with E-state index in [2.05, 4.69) is 40.3 Å². The SMILES string of the molecule is CCc1ncnc2c1ncn2C(C)C. The molecule has 0 N–H and O–H groups in total. The van der Waals surface area contributed by atoms with E-state index in [1.807, 2.05) is 6.33 Å². The number of fused-ring (bicyclic) bond motifs is 1. The second-order valence-corrected chi connectivity index (χ2v) is 3.59. The van der Waals surface area contributed by atoms with Crippen LogP contribution < -0.4 is 0 Å². The molecule has 0 amide bonds. The predicted molar refractivity (Wildman–Crippen MR) is 55.1 cm³/mol. The average molecular weight is 190 g/mol. The van der Waals surface area contributed by atoms with E-state index < -0.39 is 0 Å². The summed E-state index contributed by atoms with van der Waals surface area (Å²) in [4.78, 5) is 12.8. The summed E-state index contributed by atoms with van der Waals surface area (Å²) in [6.45, 7) is 6.32. The first-order valence-electron chi connectivity index (χ1n) is 4.90. The number of rotatable bonds is 2. The predicted octanol–water partition coefficient (Wildman–Crippen LogP) is 1.97. The van der Waals surface area contributed by atoms with Crippen molar-refractivity contribution in [2.75, 3.05) is 0 Å². The molecule has 2 heterocycles. The lowest BCUT2D eigenvalue weighted by Crippen LogP contribution is -2.00. The summed E-state index contributed by atoms with van der Waals surface area (Å²) in [6.07, 6.45) is 4.35. The number of aromatic nitrogens is 4. The van der Waals surface area contributed by atoms with Crippen LogP contribution in [0.3, 0.4) is 0 Å². The zero-order valence-electron chi connectivity index (χ0n) is 8.73. The molecule has 2 aromatic heterocycles. The smallest absolute Gasteiger partial charge is 0.163 e. The summed E-state index contributed by atoms with van der Waals surface area (Å²) in [7, 11) is 0. The Labute approximate surface area is 83.0 Å². The van der Waals surface area contributed by atoms with Crippen molar-refractivity contribution in [3.8, 4) is 0 Å². The number of nitrogens with zero attached hydrogens (tertiary/aromatic N) is 4. The van der Waals surface area contributed by atoms with Gasteiger partial charge in [-0.25, -0.2) is 15.0 Å². The first kappa shape index (κ1) is 9.12. The van der Waals surface area contributed by atoms with Crippen LogP contribution >= 0.6 is 0 Å². The Hall–Kier alpha value is -1.45. The number of imidazole rings is 1. The summed E-state index contributed by atoms with van der Waals surface area (Å²) < 4.78 is 2.07. The van der Waals surface area contributed by atoms with Crippen molar-refractivity contribution in [2.24, 2.45) is 0 Å². The maximum absolute atomic E-state index is 4.35. The topological polar surface area (TPSA) is 43.6 Å². The van der Waals surface area contributed by atoms with Gasteiger partial charge in [0, 0.05) is 6.04 Å². The van der Waals surface area contributed by atoms with Crippen molar-refractivity contribution in [2.45, 2.75) is 33.2 Å². The summed E-state index contributed by atoms with van der Waals surface area (Å²) in [5, 5.41) is 0. The Morgan fingerprint density at radius 2 is 2.07 bits per heavy atom. The molecular weight excluding hydrogens is 176 g/mol. The van der Waals surface area contributed by atoms with E-state index in [9.17, 15) is 0 Å². The summed E-state index contributed by atoms with van der Waals surface area (Å²) in [5.41, 5.74) is 2.89. The van der Waals surface area contributed by atoms with Gasteiger partial charge in [-0.3, -0.25) is 0 Å². The third kappa shape index (κ3) is 1.27. The molecule has 0 aliphatic heterocycles. The second-order valence-electron chi connectivity index (χ2n) is 3.59. The number of hydrogen-bond acceptors (Lipinski definition) is 3. The highest BCUT2D eigenvalue weighted by Crippen LogP contribution is 2.16. The van der Waals surface area contributed by atoms with Crippen molar-refractivity contribution < 1.29 is 0 Å². The van der Waals surface area contributed by atoms with Crippen LogP contribution in [-0.2, 0) is 6.42 Å². The maximum Gasteiger partial charge on any atom is 0.163 e. The van der Waals surface area contributed by atoms with E-state index in [0.29, 0.717) is 6.04 Å². The van der Waals surface area contributed by atoms with E-state index in [0.717, 1.165) is 23.3 Å². The van der Waals surface area contributed by atoms with Gasteiger partial charge in [0.05, 0.1) is 12.0 Å². The third-order valence-electron chi connectivity index (χ3n) is 2.33. The lowest BCUT2D eigenvalue weighted by Gasteiger charge is -2.06. The molecule has 0 saturated heterocycles. The maximum atomic E-state index is 4.35. The van der Waals surface area contributed by atoms with Crippen LogP contribution in [0.2, 0.25) is 0 Å². The molecule has 74 valence electrons. The van der Waals surface area contributed by atoms with Crippen molar-refractivity contribution in [1.29, 1.82) is 0 Å². The van der Waals surface area contributed by atoms with Crippen LogP contribution in [0.1, 0.15) is 32.5 Å². The van der Waals surface area contributed by atoms with Crippen LogP contribution in [0.25, 0.3) is 11.2 Å². The fourth-order valence-electron chi connectivity index (χ4n) is 1.54. The van der Waals surface area contributed by atoms with Crippen LogP contribution in [0.4, 0.5) is 0 Å². The van der Waals surface area contributed by atoms with Crippen molar-refractivity contribution >= 4 is 11.2 Å². The van der Waals surface area contributed by atoms with Crippen LogP contribution in [-0.4, -0.2) is 19.5 Å². The van der Waals surface area contributed by atoms with Crippen molar-refractivity contribution in [3.63, 3.8) is 0 Å². The minimum atomic E-state index is 0.389. The molecular formula is C10H14N4. The zero-order valence-corrected chi connectivity index (χ0v) is 8.73. The Kier molecular flexibility index (Phi) is 2.19. The summed E-state index contributed by atoms with van der Waals surface area (Å²) in [6, 6.07) is 0.389. The first-order valence-corrected chi connectivity index (χ1v) is 4.90. The average Bonchev–Trinajstić information content (AvgIpc) is 2.60. The van der Waals surface area contributed by atoms with Gasteiger partial charge in [-0.15, -0.1) is 0 Å². The summed E-state index contributed by atoms with van der Waals surface area (Å²) >= 11 is 0. The molecule has 0 saturated carbocycles. The van der Waals surface area contributed by atoms with Crippen LogP contribution in [0.5, 0.6) is 0 Å². The highest BCUT2D eigenvalue weighted by atomic mass is 15.1. The Morgan fingerprint density at radius 3 is 2.71 bits per heavy atom. The largest absolute Gasteiger partial charge is 0.313 e. The van der Waals surface area contributed by atoms with E-state index in [1.165, 1.54) is 0 Å². The van der Waals surface area contributed by atoms with Gasteiger partial charge in [-0.2, -0.15) is 0 Å². The Balaban J connectivity index is 2.69. The minimum Gasteiger partial charge on any atom is -0.313 e. The van der Waals surface area contributed by atoms with Gasteiger partial charge in [-0.1, -0.05) is 6.92 Å². The molecule has 2 rings (SSSR count). The van der Waals surface area contributed by atoms with Gasteiger partial charge in [-0.05, 0) is 20.3 Å². The minimum absolute atomic E-state index is 0.389. The third-order valence-corrected chi connectivity index (χ3v) is 2.33. The molecule has 0 aliphatic carbocycles. The molecule has 0 aromatic carbocycles. The van der Waals surface area contributed by atoms with E-state index in [1.54, 1.807) is 6.33 Å². The molecule has 0 radical (unpaired) electrons. The van der Waals surface area contributed by atoms with Gasteiger partial charge < -0.3 is 4.57 Å². The summed E-state index contributed by atoms with van der Waals surface area (Å²) in [5.74, 6) is 0. The zero-order chi connectivity index (χ0) is 10.1. The molecule has 0 atom stereocenters. The van der Waals surface area contributed by atoms with Crippen LogP contribution in [0.15, 0.2) is 12.7 Å². The lowest BCUT2D eigenvalue weighted by atomic mass is 10.3. The molecule has 2 aromatic rings. The fourth-order valence-corrected chi connectivity index (χ4v) is 1.54. The molecule has 0 aliphatic rings. The molecule has 0 fully saturated rings. The van der Waals surface area contributed by atoms with Crippen LogP contribution in [0, 0.1) is 0 Å². The molecule has 4 nitrogen and oxygen atoms in total. The Bertz CT molecular complexity index is 444. The monoisotopic (exact) mass is 190 g/mol. The lowest BCUT2D eigenvalue weighted by molar-refractivity contribution is 0.612.